The summed E-state index contributed by atoms with van der Waals surface area (Å²) in [6.07, 6.45) is 13.3. The van der Waals surface area contributed by atoms with E-state index in [1.54, 1.807) is 0 Å². The van der Waals surface area contributed by atoms with Crippen molar-refractivity contribution >= 4 is 33.0 Å². The van der Waals surface area contributed by atoms with Crippen LogP contribution >= 0.6 is 0 Å². The summed E-state index contributed by atoms with van der Waals surface area (Å²) in [6.45, 7) is 20.3. The van der Waals surface area contributed by atoms with E-state index < -0.39 is 15.5 Å². The van der Waals surface area contributed by atoms with Crippen molar-refractivity contribution < 1.29 is 51.9 Å². The first kappa shape index (κ1) is 38.2. The van der Waals surface area contributed by atoms with Crippen LogP contribution in [0.5, 0.6) is 0 Å². The Morgan fingerprint density at radius 2 is 1.65 bits per heavy atom. The molecule has 4 rings (SSSR count). The molecule has 2 heterocycles. The standard InChI is InChI=1S/C38H50N2O4S.Na/c1-9-10-24-39-32-23-22-28(35(41)36(2,3)4)27-30(32)38(7,8)34(39)21-13-11-12-20-33-37(5,6)29-18-14-15-19-31(29)40(33)25-16-17-26-45(42,43)44;/h11-15,18-23,27H,1,9-10,16-17,24-26H2,2-8H3,(H,42,43,44);/q;+1/p-1. The normalized spacial score (nSPS) is 18.0. The summed E-state index contributed by atoms with van der Waals surface area (Å²) in [5.74, 6) is -0.193. The molecule has 0 atom stereocenters. The summed E-state index contributed by atoms with van der Waals surface area (Å²) in [6, 6.07) is 14.5. The zero-order valence-electron chi connectivity index (χ0n) is 29.0. The third kappa shape index (κ3) is 8.22. The van der Waals surface area contributed by atoms with Gasteiger partial charge in [0.05, 0.1) is 15.5 Å². The Balaban J connectivity index is 0.00000576. The molecule has 0 radical (unpaired) electrons. The van der Waals surface area contributed by atoms with Crippen LogP contribution in [0, 0.1) is 12.3 Å². The van der Waals surface area contributed by atoms with Crippen LogP contribution in [0.1, 0.15) is 95.6 Å². The number of nitrogens with zero attached hydrogens (tertiary/aromatic N) is 2. The van der Waals surface area contributed by atoms with Crippen LogP contribution < -0.4 is 34.5 Å². The molecule has 0 unspecified atom stereocenters. The van der Waals surface area contributed by atoms with Crippen LogP contribution in [-0.4, -0.2) is 47.9 Å². The average molecular weight is 653 g/mol. The van der Waals surface area contributed by atoms with Gasteiger partial charge in [0.15, 0.2) is 11.5 Å². The van der Waals surface area contributed by atoms with E-state index in [1.807, 2.05) is 39.0 Å². The van der Waals surface area contributed by atoms with Gasteiger partial charge in [-0.15, -0.1) is 0 Å². The van der Waals surface area contributed by atoms with E-state index in [-0.39, 0.29) is 51.9 Å². The smallest absolute Gasteiger partial charge is 0.748 e. The number of carbonyl (C=O) groups excluding carboxylic acids is 1. The molecule has 2 aliphatic heterocycles. The number of allylic oxidation sites excluding steroid dienone is 6. The van der Waals surface area contributed by atoms with Gasteiger partial charge in [-0.1, -0.05) is 77.5 Å². The number of benzene rings is 2. The van der Waals surface area contributed by atoms with Crippen LogP contribution in [0.15, 0.2) is 78.5 Å². The van der Waals surface area contributed by atoms with E-state index in [1.165, 1.54) is 16.8 Å². The topological polar surface area (TPSA) is 80.5 Å². The van der Waals surface area contributed by atoms with Crippen LogP contribution in [-0.2, 0) is 20.9 Å². The maximum Gasteiger partial charge on any atom is 1.00 e. The molecule has 0 saturated heterocycles. The molecule has 46 heavy (non-hydrogen) atoms. The Bertz CT molecular complexity index is 1670. The summed E-state index contributed by atoms with van der Waals surface area (Å²) in [5, 5.41) is 0. The Morgan fingerprint density at radius 1 is 0.957 bits per heavy atom. The molecule has 0 spiro atoms. The minimum absolute atomic E-state index is 0. The molecule has 0 N–H and O–H groups in total. The average Bonchev–Trinajstić information content (AvgIpc) is 3.30. The number of fused-ring (bicyclic) bond motifs is 2. The van der Waals surface area contributed by atoms with Crippen molar-refractivity contribution in [2.24, 2.45) is 5.41 Å². The Labute approximate surface area is 299 Å². The Morgan fingerprint density at radius 3 is 2.30 bits per heavy atom. The van der Waals surface area contributed by atoms with Gasteiger partial charge in [-0.25, -0.2) is 8.42 Å². The fourth-order valence-electron chi connectivity index (χ4n) is 6.55. The van der Waals surface area contributed by atoms with E-state index in [2.05, 4.69) is 98.7 Å². The molecule has 242 valence electrons. The summed E-state index contributed by atoms with van der Waals surface area (Å²) >= 11 is 0. The molecule has 6 nitrogen and oxygen atoms in total. The van der Waals surface area contributed by atoms with E-state index in [0.717, 1.165) is 42.0 Å². The van der Waals surface area contributed by atoms with E-state index >= 15 is 0 Å². The van der Waals surface area contributed by atoms with Gasteiger partial charge in [0.2, 0.25) is 5.69 Å². The third-order valence-electron chi connectivity index (χ3n) is 9.02. The molecule has 2 aromatic rings. The Hall–Kier alpha value is -2.29. The molecule has 2 aliphatic rings. The molecule has 0 saturated carbocycles. The Kier molecular flexibility index (Phi) is 12.3. The fourth-order valence-corrected chi connectivity index (χ4v) is 7.11. The number of para-hydroxylation sites is 1. The molecule has 0 aliphatic carbocycles. The van der Waals surface area contributed by atoms with Gasteiger partial charge in [-0.2, -0.15) is 11.0 Å². The van der Waals surface area contributed by atoms with Gasteiger partial charge in [-0.3, -0.25) is 4.79 Å². The van der Waals surface area contributed by atoms with Crippen molar-refractivity contribution in [3.63, 3.8) is 0 Å². The number of hydrogen-bond donors (Lipinski definition) is 0. The number of ketones is 1. The first-order valence-corrected chi connectivity index (χ1v) is 17.6. The second-order valence-electron chi connectivity index (χ2n) is 14.2. The maximum atomic E-state index is 13.1. The molecular formula is C38H49N2NaO4S. The van der Waals surface area contributed by atoms with Gasteiger partial charge >= 0.3 is 29.6 Å². The molecular weight excluding hydrogens is 603 g/mol. The predicted molar refractivity (Wildman–Crippen MR) is 185 cm³/mol. The monoisotopic (exact) mass is 652 g/mol. The molecule has 0 fully saturated rings. The SMILES string of the molecule is [CH2-]CCCN1\C(=C/C=C/C=C/C2=[N+](CCCCS(=O)(=O)[O-])c3ccccc3C2(C)C)C(C)(C)c2cc(C(=O)C(C)(C)C)ccc21.[Na+]. The van der Waals surface area contributed by atoms with Crippen LogP contribution in [0.3, 0.4) is 0 Å². The van der Waals surface area contributed by atoms with E-state index in [0.29, 0.717) is 19.4 Å². The minimum Gasteiger partial charge on any atom is -0.748 e. The number of rotatable bonds is 12. The number of Topliss-reactive ketones (excluding diaryl/α,β-unsaturated/α-hetero) is 1. The first-order valence-electron chi connectivity index (χ1n) is 16.0. The fraction of sp³-hybridized carbons (Fsp3) is 0.447. The zero-order valence-corrected chi connectivity index (χ0v) is 31.8. The van der Waals surface area contributed by atoms with Crippen LogP contribution in [0.4, 0.5) is 11.4 Å². The van der Waals surface area contributed by atoms with Crippen molar-refractivity contribution in [1.82, 2.24) is 0 Å². The summed E-state index contributed by atoms with van der Waals surface area (Å²) in [7, 11) is -4.22. The third-order valence-corrected chi connectivity index (χ3v) is 9.81. The van der Waals surface area contributed by atoms with Crippen LogP contribution in [0.2, 0.25) is 0 Å². The molecule has 8 heteroatoms. The predicted octanol–water partition coefficient (Wildman–Crippen LogP) is 5.03. The summed E-state index contributed by atoms with van der Waals surface area (Å²) in [5.41, 5.74) is 6.77. The summed E-state index contributed by atoms with van der Waals surface area (Å²) in [4.78, 5) is 15.5. The number of anilines is 1. The summed E-state index contributed by atoms with van der Waals surface area (Å²) < 4.78 is 35.6. The quantitative estimate of drug-likeness (QED) is 0.0612. The van der Waals surface area contributed by atoms with Crippen molar-refractivity contribution in [2.45, 2.75) is 85.0 Å². The molecule has 0 bridgehead atoms. The van der Waals surface area contributed by atoms with E-state index in [9.17, 15) is 17.8 Å². The van der Waals surface area contributed by atoms with Gasteiger partial charge in [0.25, 0.3) is 0 Å². The zero-order chi connectivity index (χ0) is 33.2. The van der Waals surface area contributed by atoms with Crippen molar-refractivity contribution in [1.29, 1.82) is 0 Å². The number of unbranched alkanes of at least 4 members (excludes halogenated alkanes) is 2. The van der Waals surface area contributed by atoms with Crippen molar-refractivity contribution in [2.75, 3.05) is 23.7 Å². The van der Waals surface area contributed by atoms with Gasteiger partial charge < -0.3 is 16.4 Å². The van der Waals surface area contributed by atoms with E-state index in [4.69, 9.17) is 0 Å². The van der Waals surface area contributed by atoms with Crippen molar-refractivity contribution in [3.8, 4) is 0 Å². The first-order chi connectivity index (χ1) is 21.0. The number of carbonyl (C=O) groups is 1. The van der Waals surface area contributed by atoms with Crippen LogP contribution in [0.25, 0.3) is 0 Å². The van der Waals surface area contributed by atoms with Gasteiger partial charge in [0.1, 0.15) is 6.54 Å². The van der Waals surface area contributed by atoms with Crippen molar-refractivity contribution in [3.05, 3.63) is 102 Å². The number of hydrogen-bond acceptors (Lipinski definition) is 5. The second-order valence-corrected chi connectivity index (χ2v) is 15.8. The molecule has 0 amide bonds. The largest absolute Gasteiger partial charge is 1.00 e. The van der Waals surface area contributed by atoms with Gasteiger partial charge in [0, 0.05) is 64.2 Å². The molecule has 2 aromatic carbocycles. The maximum absolute atomic E-state index is 13.1. The molecule has 0 aromatic heterocycles. The second kappa shape index (κ2) is 14.9. The minimum atomic E-state index is -4.22. The van der Waals surface area contributed by atoms with Gasteiger partial charge in [-0.05, 0) is 50.1 Å².